The molecule has 1 fully saturated rings. The Kier molecular flexibility index (Phi) is 6.09. The lowest BCUT2D eigenvalue weighted by atomic mass is 10.1. The third-order valence-corrected chi connectivity index (χ3v) is 5.34. The minimum absolute atomic E-state index is 0. The molecule has 0 bridgehead atoms. The van der Waals surface area contributed by atoms with Crippen molar-refractivity contribution in [1.82, 2.24) is 4.31 Å². The van der Waals surface area contributed by atoms with Crippen LogP contribution in [0.5, 0.6) is 5.75 Å². The van der Waals surface area contributed by atoms with Crippen molar-refractivity contribution in [2.45, 2.75) is 23.8 Å². The highest BCUT2D eigenvalue weighted by molar-refractivity contribution is 7.89. The normalized spacial score (nSPS) is 20.2. The molecule has 1 aromatic carbocycles. The number of methoxy groups -OCH3 is 1. The van der Waals surface area contributed by atoms with Gasteiger partial charge in [-0.05, 0) is 31.0 Å². The van der Waals surface area contributed by atoms with E-state index in [1.807, 2.05) is 0 Å². The molecular weight excluding hydrogens is 323 g/mol. The summed E-state index contributed by atoms with van der Waals surface area (Å²) in [6.07, 6.45) is 1.64. The molecule has 0 aliphatic carbocycles. The molecule has 0 aromatic heterocycles. The summed E-state index contributed by atoms with van der Waals surface area (Å²) in [6.45, 7) is 0.853. The van der Waals surface area contributed by atoms with Crippen LogP contribution in [0, 0.1) is 0 Å². The Morgan fingerprint density at radius 3 is 2.70 bits per heavy atom. The smallest absolute Gasteiger partial charge is 0.243 e. The summed E-state index contributed by atoms with van der Waals surface area (Å²) >= 11 is 5.97. The van der Waals surface area contributed by atoms with Gasteiger partial charge in [-0.1, -0.05) is 11.6 Å². The van der Waals surface area contributed by atoms with Gasteiger partial charge in [0, 0.05) is 19.1 Å². The zero-order valence-corrected chi connectivity index (χ0v) is 13.5. The Hall–Kier alpha value is -0.530. The van der Waals surface area contributed by atoms with E-state index in [1.54, 1.807) is 6.07 Å². The Labute approximate surface area is 130 Å². The lowest BCUT2D eigenvalue weighted by Crippen LogP contribution is -2.45. The molecule has 1 aliphatic rings. The molecule has 0 radical (unpaired) electrons. The van der Waals surface area contributed by atoms with Gasteiger partial charge in [0.15, 0.2) is 0 Å². The lowest BCUT2D eigenvalue weighted by molar-refractivity contribution is 0.316. The number of ether oxygens (including phenoxy) is 1. The Bertz CT molecular complexity index is 566. The Morgan fingerprint density at radius 2 is 2.15 bits per heavy atom. The predicted molar refractivity (Wildman–Crippen MR) is 81.2 cm³/mol. The van der Waals surface area contributed by atoms with Crippen LogP contribution >= 0.6 is 24.0 Å². The van der Waals surface area contributed by atoms with Crippen molar-refractivity contribution < 1.29 is 13.2 Å². The number of sulfonamides is 1. The second-order valence-electron chi connectivity index (χ2n) is 4.56. The van der Waals surface area contributed by atoms with Gasteiger partial charge in [0.2, 0.25) is 10.0 Å². The molecule has 1 saturated heterocycles. The van der Waals surface area contributed by atoms with Crippen LogP contribution in [0.1, 0.15) is 12.8 Å². The van der Waals surface area contributed by atoms with Gasteiger partial charge in [-0.3, -0.25) is 0 Å². The van der Waals surface area contributed by atoms with Gasteiger partial charge in [-0.2, -0.15) is 4.31 Å². The van der Waals surface area contributed by atoms with Crippen molar-refractivity contribution in [3.05, 3.63) is 23.2 Å². The molecule has 0 unspecified atom stereocenters. The molecule has 1 aliphatic heterocycles. The summed E-state index contributed by atoms with van der Waals surface area (Å²) < 4.78 is 31.3. The number of hydrogen-bond donors (Lipinski definition) is 1. The number of nitrogens with two attached hydrogens (primary N) is 1. The minimum atomic E-state index is -3.53. The Balaban J connectivity index is 0.00000200. The SMILES string of the molecule is COc1ccc(S(=O)(=O)N2CCC[C@H](N)C2)cc1Cl.Cl. The summed E-state index contributed by atoms with van der Waals surface area (Å²) in [7, 11) is -2.04. The maximum atomic E-state index is 12.5. The quantitative estimate of drug-likeness (QED) is 0.911. The van der Waals surface area contributed by atoms with Crippen LogP contribution in [0.15, 0.2) is 23.1 Å². The van der Waals surface area contributed by atoms with E-state index in [2.05, 4.69) is 0 Å². The van der Waals surface area contributed by atoms with Crippen molar-refractivity contribution in [3.8, 4) is 5.75 Å². The van der Waals surface area contributed by atoms with Crippen LogP contribution in [0.2, 0.25) is 5.02 Å². The van der Waals surface area contributed by atoms with Crippen molar-refractivity contribution in [3.63, 3.8) is 0 Å². The molecule has 2 N–H and O–H groups in total. The zero-order chi connectivity index (χ0) is 14.0. The summed E-state index contributed by atoms with van der Waals surface area (Å²) in [5.74, 6) is 0.455. The molecule has 0 amide bonds. The van der Waals surface area contributed by atoms with E-state index in [9.17, 15) is 8.42 Å². The van der Waals surface area contributed by atoms with E-state index in [1.165, 1.54) is 23.5 Å². The van der Waals surface area contributed by atoms with Crippen LogP contribution < -0.4 is 10.5 Å². The summed E-state index contributed by atoms with van der Waals surface area (Å²) in [5.41, 5.74) is 5.82. The van der Waals surface area contributed by atoms with Gasteiger partial charge in [-0.15, -0.1) is 12.4 Å². The van der Waals surface area contributed by atoms with E-state index < -0.39 is 10.0 Å². The topological polar surface area (TPSA) is 72.6 Å². The van der Waals surface area contributed by atoms with Crippen LogP contribution in [-0.2, 0) is 10.0 Å². The van der Waals surface area contributed by atoms with Crippen LogP contribution in [0.3, 0.4) is 0 Å². The van der Waals surface area contributed by atoms with Gasteiger partial charge >= 0.3 is 0 Å². The molecule has 5 nitrogen and oxygen atoms in total. The third kappa shape index (κ3) is 3.56. The van der Waals surface area contributed by atoms with E-state index in [0.29, 0.717) is 18.8 Å². The molecule has 2 rings (SSSR count). The van der Waals surface area contributed by atoms with Crippen molar-refractivity contribution in [2.75, 3.05) is 20.2 Å². The molecule has 0 saturated carbocycles. The van der Waals surface area contributed by atoms with Gasteiger partial charge in [0.1, 0.15) is 5.75 Å². The summed E-state index contributed by atoms with van der Waals surface area (Å²) in [5, 5.41) is 0.282. The molecule has 1 atom stereocenters. The largest absolute Gasteiger partial charge is 0.495 e. The van der Waals surface area contributed by atoms with Gasteiger partial charge in [0.05, 0.1) is 17.0 Å². The number of hydrogen-bond acceptors (Lipinski definition) is 4. The molecule has 20 heavy (non-hydrogen) atoms. The summed E-state index contributed by atoms with van der Waals surface area (Å²) in [6, 6.07) is 4.37. The molecule has 0 spiro atoms. The third-order valence-electron chi connectivity index (χ3n) is 3.18. The first kappa shape index (κ1) is 17.5. The van der Waals surface area contributed by atoms with Gasteiger partial charge in [-0.25, -0.2) is 8.42 Å². The highest BCUT2D eigenvalue weighted by Crippen LogP contribution is 2.29. The second-order valence-corrected chi connectivity index (χ2v) is 6.91. The van der Waals surface area contributed by atoms with Gasteiger partial charge < -0.3 is 10.5 Å². The number of piperidine rings is 1. The molecule has 114 valence electrons. The van der Waals surface area contributed by atoms with Crippen molar-refractivity contribution >= 4 is 34.0 Å². The lowest BCUT2D eigenvalue weighted by Gasteiger charge is -2.29. The maximum Gasteiger partial charge on any atom is 0.243 e. The highest BCUT2D eigenvalue weighted by atomic mass is 35.5. The fourth-order valence-electron chi connectivity index (χ4n) is 2.15. The molecule has 1 heterocycles. The van der Waals surface area contributed by atoms with Crippen molar-refractivity contribution in [2.24, 2.45) is 5.73 Å². The average molecular weight is 341 g/mol. The first-order valence-corrected chi connectivity index (χ1v) is 7.86. The van der Waals surface area contributed by atoms with E-state index in [4.69, 9.17) is 22.1 Å². The second kappa shape index (κ2) is 6.95. The average Bonchev–Trinajstić information content (AvgIpc) is 2.38. The number of nitrogens with zero attached hydrogens (tertiary/aromatic N) is 1. The molecular formula is C12H18Cl2N2O3S. The minimum Gasteiger partial charge on any atom is -0.495 e. The van der Waals surface area contributed by atoms with Crippen molar-refractivity contribution in [1.29, 1.82) is 0 Å². The van der Waals surface area contributed by atoms with Crippen LogP contribution in [-0.4, -0.2) is 39.0 Å². The Morgan fingerprint density at radius 1 is 1.45 bits per heavy atom. The fraction of sp³-hybridized carbons (Fsp3) is 0.500. The predicted octanol–water partition coefficient (Wildman–Crippen LogP) is 1.88. The van der Waals surface area contributed by atoms with E-state index in [-0.39, 0.29) is 28.4 Å². The molecule has 1 aromatic rings. The summed E-state index contributed by atoms with van der Waals surface area (Å²) in [4.78, 5) is 0.174. The van der Waals surface area contributed by atoms with Crippen LogP contribution in [0.4, 0.5) is 0 Å². The fourth-order valence-corrected chi connectivity index (χ4v) is 4.03. The monoisotopic (exact) mass is 340 g/mol. The first-order valence-electron chi connectivity index (χ1n) is 6.04. The first-order chi connectivity index (χ1) is 8.95. The van der Waals surface area contributed by atoms with E-state index >= 15 is 0 Å². The van der Waals surface area contributed by atoms with Gasteiger partial charge in [0.25, 0.3) is 0 Å². The standard InChI is InChI=1S/C12H17ClN2O3S.ClH/c1-18-12-5-4-10(7-11(12)13)19(16,17)15-6-2-3-9(14)8-15;/h4-5,7,9H,2-3,6,8,14H2,1H3;1H/t9-;/m0./s1. The van der Waals surface area contributed by atoms with Crippen LogP contribution in [0.25, 0.3) is 0 Å². The molecule has 8 heteroatoms. The van der Waals surface area contributed by atoms with E-state index in [0.717, 1.165) is 12.8 Å². The number of rotatable bonds is 3. The maximum absolute atomic E-state index is 12.5. The zero-order valence-electron chi connectivity index (χ0n) is 11.1. The number of benzene rings is 1. The highest BCUT2D eigenvalue weighted by Gasteiger charge is 2.29. The number of halogens is 2.